The monoisotopic (exact) mass is 317 g/mol. The van der Waals surface area contributed by atoms with Gasteiger partial charge in [-0.1, -0.05) is 13.3 Å². The summed E-state index contributed by atoms with van der Waals surface area (Å²) in [5.41, 5.74) is 5.96. The molecule has 0 aromatic carbocycles. The molecule has 0 aliphatic rings. The minimum absolute atomic E-state index is 0. The van der Waals surface area contributed by atoms with Gasteiger partial charge in [0.05, 0.1) is 17.8 Å². The van der Waals surface area contributed by atoms with Crippen molar-refractivity contribution in [1.29, 1.82) is 0 Å². The number of nitrogens with one attached hydrogen (secondary N) is 1. The first-order valence-corrected chi connectivity index (χ1v) is 6.75. The van der Waals surface area contributed by atoms with Crippen LogP contribution in [0.1, 0.15) is 44.1 Å². The lowest BCUT2D eigenvalue weighted by atomic mass is 9.96. The molecule has 1 amide bonds. The van der Waals surface area contributed by atoms with Crippen LogP contribution in [0.4, 0.5) is 5.69 Å². The number of aryl methyl sites for hydroxylation is 1. The molecule has 0 saturated heterocycles. The predicted molar refractivity (Wildman–Crippen MR) is 84.7 cm³/mol. The van der Waals surface area contributed by atoms with Gasteiger partial charge in [0.2, 0.25) is 5.91 Å². The number of aromatic nitrogens is 1. The van der Waals surface area contributed by atoms with E-state index in [4.69, 9.17) is 10.5 Å². The minimum Gasteiger partial charge on any atom is -0.461 e. The van der Waals surface area contributed by atoms with Gasteiger partial charge < -0.3 is 20.4 Å². The zero-order valence-corrected chi connectivity index (χ0v) is 13.8. The molecule has 0 saturated carbocycles. The Balaban J connectivity index is 0.00000400. The summed E-state index contributed by atoms with van der Waals surface area (Å²) in [6, 6.07) is 1.58. The molecule has 0 bridgehead atoms. The maximum absolute atomic E-state index is 12.1. The van der Waals surface area contributed by atoms with E-state index in [0.717, 1.165) is 6.42 Å². The second-order valence-corrected chi connectivity index (χ2v) is 5.07. The summed E-state index contributed by atoms with van der Waals surface area (Å²) in [4.78, 5) is 23.8. The fourth-order valence-electron chi connectivity index (χ4n) is 1.95. The normalized spacial score (nSPS) is 13.0. The van der Waals surface area contributed by atoms with Crippen LogP contribution in [0.3, 0.4) is 0 Å². The number of hydrogen-bond donors (Lipinski definition) is 2. The number of esters is 1. The van der Waals surface area contributed by atoms with E-state index in [1.807, 2.05) is 6.92 Å². The molecular formula is C14H24ClN3O3. The van der Waals surface area contributed by atoms with Gasteiger partial charge in [0, 0.05) is 13.2 Å². The maximum atomic E-state index is 12.1. The number of halogens is 1. The van der Waals surface area contributed by atoms with Crippen LogP contribution in [0.25, 0.3) is 0 Å². The third-order valence-electron chi connectivity index (χ3n) is 3.04. The minimum atomic E-state index is -0.922. The van der Waals surface area contributed by atoms with Gasteiger partial charge in [-0.15, -0.1) is 12.4 Å². The molecule has 0 spiro atoms. The van der Waals surface area contributed by atoms with E-state index in [-0.39, 0.29) is 18.3 Å². The van der Waals surface area contributed by atoms with Crippen molar-refractivity contribution >= 4 is 30.0 Å². The second kappa shape index (κ2) is 8.05. The lowest BCUT2D eigenvalue weighted by molar-refractivity contribution is -0.120. The SMILES string of the molecule is CCCC(C)(N)C(=O)Nc1cc(C(=O)OCC)n(C)c1.Cl. The molecule has 7 heteroatoms. The fraction of sp³-hybridized carbons (Fsp3) is 0.571. The van der Waals surface area contributed by atoms with Crippen LogP contribution in [0, 0.1) is 0 Å². The van der Waals surface area contributed by atoms with Gasteiger partial charge in [0.15, 0.2) is 0 Å². The van der Waals surface area contributed by atoms with Gasteiger partial charge in [-0.25, -0.2) is 4.79 Å². The first kappa shape index (κ1) is 19.5. The zero-order valence-electron chi connectivity index (χ0n) is 12.9. The third-order valence-corrected chi connectivity index (χ3v) is 3.04. The van der Waals surface area contributed by atoms with Gasteiger partial charge >= 0.3 is 5.97 Å². The molecule has 3 N–H and O–H groups in total. The Kier molecular flexibility index (Phi) is 7.46. The van der Waals surface area contributed by atoms with E-state index in [0.29, 0.717) is 24.4 Å². The van der Waals surface area contributed by atoms with Crippen LogP contribution >= 0.6 is 12.4 Å². The van der Waals surface area contributed by atoms with E-state index in [9.17, 15) is 9.59 Å². The summed E-state index contributed by atoms with van der Waals surface area (Å²) in [6.45, 7) is 5.72. The molecular weight excluding hydrogens is 294 g/mol. The number of nitrogens with zero attached hydrogens (tertiary/aromatic N) is 1. The van der Waals surface area contributed by atoms with Crippen LogP contribution in [0.2, 0.25) is 0 Å². The molecule has 1 aromatic rings. The Morgan fingerprint density at radius 1 is 1.43 bits per heavy atom. The lowest BCUT2D eigenvalue weighted by Gasteiger charge is -2.22. The molecule has 21 heavy (non-hydrogen) atoms. The molecule has 1 rings (SSSR count). The predicted octanol–water partition coefficient (Wildman–Crippen LogP) is 2.08. The smallest absolute Gasteiger partial charge is 0.355 e. The van der Waals surface area contributed by atoms with Gasteiger partial charge in [-0.05, 0) is 26.3 Å². The van der Waals surface area contributed by atoms with Crippen molar-refractivity contribution in [3.8, 4) is 0 Å². The Labute approximate surface area is 131 Å². The van der Waals surface area contributed by atoms with Crippen molar-refractivity contribution in [3.63, 3.8) is 0 Å². The molecule has 6 nitrogen and oxygen atoms in total. The van der Waals surface area contributed by atoms with E-state index < -0.39 is 11.5 Å². The van der Waals surface area contributed by atoms with Gasteiger partial charge in [0.25, 0.3) is 0 Å². The quantitative estimate of drug-likeness (QED) is 0.786. The highest BCUT2D eigenvalue weighted by Gasteiger charge is 2.27. The number of carbonyl (C=O) groups is 2. The number of rotatable bonds is 6. The molecule has 1 heterocycles. The first-order valence-electron chi connectivity index (χ1n) is 6.75. The topological polar surface area (TPSA) is 86.3 Å². The average Bonchev–Trinajstić information content (AvgIpc) is 2.70. The third kappa shape index (κ3) is 5.06. The van der Waals surface area contributed by atoms with Crippen molar-refractivity contribution in [2.45, 2.75) is 39.2 Å². The highest BCUT2D eigenvalue weighted by Crippen LogP contribution is 2.17. The lowest BCUT2D eigenvalue weighted by Crippen LogP contribution is -2.48. The van der Waals surface area contributed by atoms with Crippen LogP contribution in [-0.2, 0) is 16.6 Å². The Morgan fingerprint density at radius 2 is 2.05 bits per heavy atom. The van der Waals surface area contributed by atoms with Crippen molar-refractivity contribution in [2.75, 3.05) is 11.9 Å². The summed E-state index contributed by atoms with van der Waals surface area (Å²) in [5.74, 6) is -0.681. The van der Waals surface area contributed by atoms with Gasteiger partial charge in [-0.2, -0.15) is 0 Å². The van der Waals surface area contributed by atoms with E-state index >= 15 is 0 Å². The van der Waals surface area contributed by atoms with Crippen LogP contribution in [0.5, 0.6) is 0 Å². The molecule has 1 unspecified atom stereocenters. The second-order valence-electron chi connectivity index (χ2n) is 5.07. The van der Waals surface area contributed by atoms with Gasteiger partial charge in [0.1, 0.15) is 5.69 Å². The molecule has 1 aromatic heterocycles. The summed E-state index contributed by atoms with van der Waals surface area (Å²) >= 11 is 0. The molecule has 1 atom stereocenters. The van der Waals surface area contributed by atoms with Crippen molar-refractivity contribution < 1.29 is 14.3 Å². The molecule has 0 fully saturated rings. The summed E-state index contributed by atoms with van der Waals surface area (Å²) in [6.07, 6.45) is 3.08. The highest BCUT2D eigenvalue weighted by atomic mass is 35.5. The molecule has 0 aliphatic heterocycles. The Morgan fingerprint density at radius 3 is 2.57 bits per heavy atom. The van der Waals surface area contributed by atoms with Gasteiger partial charge in [-0.3, -0.25) is 4.79 Å². The highest BCUT2D eigenvalue weighted by molar-refractivity contribution is 5.99. The van der Waals surface area contributed by atoms with Crippen molar-refractivity contribution in [2.24, 2.45) is 12.8 Å². The number of anilines is 1. The van der Waals surface area contributed by atoms with Crippen LogP contribution < -0.4 is 11.1 Å². The Bertz CT molecular complexity index is 498. The van der Waals surface area contributed by atoms with E-state index in [1.54, 1.807) is 37.7 Å². The molecule has 0 aliphatic carbocycles. The van der Waals surface area contributed by atoms with Crippen LogP contribution in [0.15, 0.2) is 12.3 Å². The molecule has 120 valence electrons. The zero-order chi connectivity index (χ0) is 15.3. The van der Waals surface area contributed by atoms with Crippen molar-refractivity contribution in [3.05, 3.63) is 18.0 Å². The fourth-order valence-corrected chi connectivity index (χ4v) is 1.95. The number of nitrogens with two attached hydrogens (primary N) is 1. The van der Waals surface area contributed by atoms with E-state index in [1.165, 1.54) is 0 Å². The number of amides is 1. The standard InChI is InChI=1S/C14H23N3O3.ClH/c1-5-7-14(3,15)13(19)16-10-8-11(17(4)9-10)12(18)20-6-2;/h8-9H,5-7,15H2,1-4H3,(H,16,19);1H. The largest absolute Gasteiger partial charge is 0.461 e. The number of carbonyl (C=O) groups excluding carboxylic acids is 2. The van der Waals surface area contributed by atoms with Crippen LogP contribution in [-0.4, -0.2) is 28.6 Å². The summed E-state index contributed by atoms with van der Waals surface area (Å²) < 4.78 is 6.55. The average molecular weight is 318 g/mol. The number of ether oxygens (including phenoxy) is 1. The first-order chi connectivity index (χ1) is 9.31. The number of hydrogen-bond acceptors (Lipinski definition) is 4. The van der Waals surface area contributed by atoms with E-state index in [2.05, 4.69) is 5.32 Å². The summed E-state index contributed by atoms with van der Waals surface area (Å²) in [5, 5.41) is 2.73. The maximum Gasteiger partial charge on any atom is 0.355 e. The van der Waals surface area contributed by atoms with Crippen molar-refractivity contribution in [1.82, 2.24) is 4.57 Å². The molecule has 0 radical (unpaired) electrons. The Hall–Kier alpha value is -1.53. The summed E-state index contributed by atoms with van der Waals surface area (Å²) in [7, 11) is 1.72.